The third-order valence-corrected chi connectivity index (χ3v) is 4.65. The molecule has 0 radical (unpaired) electrons. The normalized spacial score (nSPS) is 12.6. The molecule has 0 bridgehead atoms. The predicted molar refractivity (Wildman–Crippen MR) is 108 cm³/mol. The van der Waals surface area contributed by atoms with Crippen molar-refractivity contribution in [2.24, 2.45) is 0 Å². The van der Waals surface area contributed by atoms with Gasteiger partial charge in [0, 0.05) is 23.2 Å². The molecule has 1 aliphatic heterocycles. The second kappa shape index (κ2) is 8.93. The van der Waals surface area contributed by atoms with Gasteiger partial charge in [0.15, 0.2) is 6.61 Å². The van der Waals surface area contributed by atoms with Crippen LogP contribution >= 0.6 is 11.6 Å². The summed E-state index contributed by atoms with van der Waals surface area (Å²) in [7, 11) is 0. The Morgan fingerprint density at radius 3 is 2.64 bits per heavy atom. The van der Waals surface area contributed by atoms with Crippen LogP contribution < -0.4 is 4.74 Å². The first-order valence-corrected chi connectivity index (χ1v) is 9.45. The third-order valence-electron chi connectivity index (χ3n) is 4.41. The van der Waals surface area contributed by atoms with Crippen LogP contribution in [0.1, 0.15) is 25.0 Å². The van der Waals surface area contributed by atoms with Crippen molar-refractivity contribution >= 4 is 29.6 Å². The molecule has 5 nitrogen and oxygen atoms in total. The maximum atomic E-state index is 12.6. The second-order valence-corrected chi connectivity index (χ2v) is 7.25. The van der Waals surface area contributed by atoms with Crippen molar-refractivity contribution in [3.8, 4) is 5.75 Å². The number of nitrogens with zero attached hydrogens (tertiary/aromatic N) is 1. The number of carbonyl (C=O) groups is 2. The zero-order chi connectivity index (χ0) is 20.1. The minimum atomic E-state index is -0.567. The molecule has 28 heavy (non-hydrogen) atoms. The molecule has 0 atom stereocenters. The van der Waals surface area contributed by atoms with E-state index in [-0.39, 0.29) is 25.2 Å². The topological polar surface area (TPSA) is 55.8 Å². The minimum absolute atomic E-state index is 0.0161. The molecule has 0 spiro atoms. The summed E-state index contributed by atoms with van der Waals surface area (Å²) in [4.78, 5) is 26.7. The highest BCUT2D eigenvalue weighted by atomic mass is 35.5. The van der Waals surface area contributed by atoms with Crippen molar-refractivity contribution in [1.29, 1.82) is 0 Å². The monoisotopic (exact) mass is 399 g/mol. The Morgan fingerprint density at radius 1 is 1.18 bits per heavy atom. The van der Waals surface area contributed by atoms with E-state index in [1.54, 1.807) is 29.2 Å². The lowest BCUT2D eigenvalue weighted by atomic mass is 10.1. The van der Waals surface area contributed by atoms with Crippen LogP contribution in [0.25, 0.3) is 6.08 Å². The number of halogens is 1. The van der Waals surface area contributed by atoms with E-state index in [2.05, 4.69) is 0 Å². The van der Waals surface area contributed by atoms with E-state index in [1.807, 2.05) is 44.2 Å². The van der Waals surface area contributed by atoms with Gasteiger partial charge in [0.25, 0.3) is 5.91 Å². The Morgan fingerprint density at radius 2 is 1.93 bits per heavy atom. The van der Waals surface area contributed by atoms with Crippen LogP contribution in [0.4, 0.5) is 0 Å². The number of ether oxygens (including phenoxy) is 2. The van der Waals surface area contributed by atoms with Gasteiger partial charge in [-0.05, 0) is 43.7 Å². The van der Waals surface area contributed by atoms with Crippen LogP contribution in [0.2, 0.25) is 5.02 Å². The average Bonchev–Trinajstić information content (AvgIpc) is 2.70. The van der Waals surface area contributed by atoms with Gasteiger partial charge in [-0.2, -0.15) is 0 Å². The van der Waals surface area contributed by atoms with Gasteiger partial charge < -0.3 is 14.4 Å². The van der Waals surface area contributed by atoms with E-state index in [0.717, 1.165) is 5.56 Å². The summed E-state index contributed by atoms with van der Waals surface area (Å²) >= 11 is 5.99. The standard InChI is InChI=1S/C22H22ClNO4/c1-15(2)24(12-16-6-4-3-5-7-16)21(25)14-28-22(26)18-10-17-11-19(23)8-9-20(17)27-13-18/h3-11,15H,12-14H2,1-2H3. The third kappa shape index (κ3) is 4.93. The highest BCUT2D eigenvalue weighted by molar-refractivity contribution is 6.30. The van der Waals surface area contributed by atoms with Crippen LogP contribution in [0, 0.1) is 0 Å². The first-order valence-electron chi connectivity index (χ1n) is 9.07. The molecular formula is C22H22ClNO4. The lowest BCUT2D eigenvalue weighted by Gasteiger charge is -2.27. The molecule has 6 heteroatoms. The van der Waals surface area contributed by atoms with E-state index < -0.39 is 5.97 Å². The highest BCUT2D eigenvalue weighted by Gasteiger charge is 2.22. The van der Waals surface area contributed by atoms with Gasteiger partial charge in [-0.15, -0.1) is 0 Å². The van der Waals surface area contributed by atoms with E-state index in [9.17, 15) is 9.59 Å². The van der Waals surface area contributed by atoms with Crippen LogP contribution in [-0.2, 0) is 20.9 Å². The van der Waals surface area contributed by atoms with Crippen molar-refractivity contribution in [1.82, 2.24) is 4.90 Å². The Hall–Kier alpha value is -2.79. The number of benzene rings is 2. The Labute approximate surface area is 169 Å². The predicted octanol–water partition coefficient (Wildman–Crippen LogP) is 4.10. The van der Waals surface area contributed by atoms with Gasteiger partial charge in [-0.1, -0.05) is 41.9 Å². The van der Waals surface area contributed by atoms with E-state index >= 15 is 0 Å². The molecule has 3 rings (SSSR count). The minimum Gasteiger partial charge on any atom is -0.488 e. The second-order valence-electron chi connectivity index (χ2n) is 6.82. The molecule has 1 heterocycles. The summed E-state index contributed by atoms with van der Waals surface area (Å²) in [5, 5.41) is 0.553. The molecule has 0 aliphatic carbocycles. The maximum absolute atomic E-state index is 12.6. The van der Waals surface area contributed by atoms with E-state index in [0.29, 0.717) is 28.5 Å². The summed E-state index contributed by atoms with van der Waals surface area (Å²) < 4.78 is 10.8. The number of carbonyl (C=O) groups excluding carboxylic acids is 2. The maximum Gasteiger partial charge on any atom is 0.338 e. The van der Waals surface area contributed by atoms with Gasteiger partial charge >= 0.3 is 5.97 Å². The largest absolute Gasteiger partial charge is 0.488 e. The van der Waals surface area contributed by atoms with Gasteiger partial charge in [-0.25, -0.2) is 4.79 Å². The fraction of sp³-hybridized carbons (Fsp3) is 0.273. The Balaban J connectivity index is 1.62. The van der Waals surface area contributed by atoms with Crippen molar-refractivity contribution < 1.29 is 19.1 Å². The fourth-order valence-electron chi connectivity index (χ4n) is 2.91. The molecule has 1 aliphatic rings. The Bertz CT molecular complexity index is 893. The lowest BCUT2D eigenvalue weighted by Crippen LogP contribution is -2.39. The molecule has 0 saturated heterocycles. The smallest absolute Gasteiger partial charge is 0.338 e. The number of fused-ring (bicyclic) bond motifs is 1. The fourth-order valence-corrected chi connectivity index (χ4v) is 3.09. The number of hydrogen-bond acceptors (Lipinski definition) is 4. The molecule has 0 aromatic heterocycles. The summed E-state index contributed by atoms with van der Waals surface area (Å²) in [6, 6.07) is 14.9. The number of rotatable bonds is 6. The van der Waals surface area contributed by atoms with Crippen LogP contribution in [-0.4, -0.2) is 36.0 Å². The lowest BCUT2D eigenvalue weighted by molar-refractivity contribution is -0.150. The van der Waals surface area contributed by atoms with Gasteiger partial charge in [-0.3, -0.25) is 4.79 Å². The zero-order valence-electron chi connectivity index (χ0n) is 15.9. The molecule has 0 N–H and O–H groups in total. The zero-order valence-corrected chi connectivity index (χ0v) is 16.6. The van der Waals surface area contributed by atoms with Crippen LogP contribution in [0.15, 0.2) is 54.1 Å². The number of amides is 1. The Kier molecular flexibility index (Phi) is 6.37. The first-order chi connectivity index (χ1) is 13.4. The van der Waals surface area contributed by atoms with Crippen molar-refractivity contribution in [2.45, 2.75) is 26.4 Å². The summed E-state index contributed by atoms with van der Waals surface area (Å²) in [6.45, 7) is 4.11. The van der Waals surface area contributed by atoms with Crippen molar-refractivity contribution in [3.05, 3.63) is 70.3 Å². The highest BCUT2D eigenvalue weighted by Crippen LogP contribution is 2.29. The summed E-state index contributed by atoms with van der Waals surface area (Å²) in [5.74, 6) is -0.152. The average molecular weight is 400 g/mol. The van der Waals surface area contributed by atoms with Crippen molar-refractivity contribution in [2.75, 3.05) is 13.2 Å². The summed E-state index contributed by atoms with van der Waals surface area (Å²) in [5.41, 5.74) is 2.08. The van der Waals surface area contributed by atoms with Gasteiger partial charge in [0.1, 0.15) is 12.4 Å². The summed E-state index contributed by atoms with van der Waals surface area (Å²) in [6.07, 6.45) is 1.68. The van der Waals surface area contributed by atoms with Gasteiger partial charge in [0.2, 0.25) is 0 Å². The van der Waals surface area contributed by atoms with Crippen LogP contribution in [0.5, 0.6) is 5.75 Å². The molecular weight excluding hydrogens is 378 g/mol. The quantitative estimate of drug-likeness (QED) is 0.686. The molecule has 0 fully saturated rings. The van der Waals surface area contributed by atoms with Gasteiger partial charge in [0.05, 0.1) is 5.57 Å². The van der Waals surface area contributed by atoms with Crippen molar-refractivity contribution in [3.63, 3.8) is 0 Å². The number of hydrogen-bond donors (Lipinski definition) is 0. The molecule has 2 aromatic carbocycles. The van der Waals surface area contributed by atoms with Crippen LogP contribution in [0.3, 0.4) is 0 Å². The molecule has 146 valence electrons. The number of esters is 1. The SMILES string of the molecule is CC(C)N(Cc1ccccc1)C(=O)COC(=O)C1=Cc2cc(Cl)ccc2OC1. The molecule has 0 saturated carbocycles. The molecule has 0 unspecified atom stereocenters. The molecule has 1 amide bonds. The van der Waals surface area contributed by atoms with E-state index in [1.165, 1.54) is 0 Å². The van der Waals surface area contributed by atoms with E-state index in [4.69, 9.17) is 21.1 Å². The molecule has 2 aromatic rings. The first kappa shape index (κ1) is 20.0.